The van der Waals surface area contributed by atoms with Crippen molar-refractivity contribution >= 4 is 10.3 Å². The van der Waals surface area contributed by atoms with Crippen LogP contribution in [-0.4, -0.2) is 69.9 Å². The Balaban J connectivity index is 0.000000223. The molecule has 0 saturated carbocycles. The number of fused-ring (bicyclic) bond motifs is 3. The van der Waals surface area contributed by atoms with Crippen molar-refractivity contribution in [3.8, 4) is 0 Å². The van der Waals surface area contributed by atoms with E-state index in [1.165, 1.54) is 12.1 Å². The van der Waals surface area contributed by atoms with Gasteiger partial charge in [-0.05, 0) is 59.2 Å². The highest BCUT2D eigenvalue weighted by Gasteiger charge is 2.65. The molecule has 0 aliphatic carbocycles. The van der Waals surface area contributed by atoms with Crippen molar-refractivity contribution in [3.63, 3.8) is 0 Å². The van der Waals surface area contributed by atoms with Gasteiger partial charge < -0.3 is 29.0 Å². The van der Waals surface area contributed by atoms with Crippen LogP contribution in [0.15, 0.2) is 24.3 Å². The van der Waals surface area contributed by atoms with Crippen molar-refractivity contribution < 1.29 is 49.5 Å². The second-order valence-corrected chi connectivity index (χ2v) is 11.6. The summed E-state index contributed by atoms with van der Waals surface area (Å²) in [5, 5.41) is 8.06. The maximum atomic E-state index is 12.4. The van der Waals surface area contributed by atoms with Crippen molar-refractivity contribution in [3.05, 3.63) is 35.4 Å². The average molecular weight is 571 g/mol. The standard InChI is InChI=1S/C12H16F3N.C12H21NO8S/c1-3-16-9(2)7-10-5-4-6-11(8-10)12(13,14)15;1-10(2)18-7-5-16-12(6-17-22(13,14)15)9(8(7)19-10)20-11(3,4)21-12/h4-6,8-9,16H,3,7H2,1-2H3;7-9H,5-6H2,1-4H3,(H2,13,14,15)/t9-;7-,8-,9+,12+/m01/s1. The highest BCUT2D eigenvalue weighted by atomic mass is 32.2. The van der Waals surface area contributed by atoms with Gasteiger partial charge in [-0.15, -0.1) is 0 Å². The van der Waals surface area contributed by atoms with Crippen LogP contribution in [0.4, 0.5) is 13.2 Å². The molecule has 3 N–H and O–H groups in total. The highest BCUT2D eigenvalue weighted by Crippen LogP contribution is 2.47. The molecule has 38 heavy (non-hydrogen) atoms. The summed E-state index contributed by atoms with van der Waals surface area (Å²) in [5.41, 5.74) is 0.136. The molecular formula is C24H37F3N2O8S. The fraction of sp³-hybridized carbons (Fsp3) is 0.750. The van der Waals surface area contributed by atoms with Crippen molar-refractivity contribution in [1.82, 2.24) is 5.32 Å². The zero-order chi connectivity index (χ0) is 28.6. The SMILES string of the molecule is CC1(C)O[C@@H]2[C@@H](CO[C@@]3(COS(N)(=O)=O)OC(C)(C)O[C@@H]23)O1.CCN[C@@H](C)Cc1cccc(C(F)(F)F)c1. The molecule has 3 fully saturated rings. The normalized spacial score (nSPS) is 30.6. The van der Waals surface area contributed by atoms with E-state index in [0.29, 0.717) is 12.0 Å². The Labute approximate surface area is 221 Å². The molecule has 5 atom stereocenters. The maximum Gasteiger partial charge on any atom is 0.416 e. The number of alkyl halides is 3. The van der Waals surface area contributed by atoms with Gasteiger partial charge in [-0.3, -0.25) is 4.18 Å². The molecule has 10 nitrogen and oxygen atoms in total. The van der Waals surface area contributed by atoms with E-state index in [4.69, 9.17) is 33.0 Å². The molecule has 1 aromatic carbocycles. The van der Waals surface area contributed by atoms with Crippen LogP contribution in [0, 0.1) is 0 Å². The number of likely N-dealkylation sites (N-methyl/N-ethyl adjacent to an activating group) is 1. The summed E-state index contributed by atoms with van der Waals surface area (Å²) >= 11 is 0. The molecule has 0 aromatic heterocycles. The molecule has 0 radical (unpaired) electrons. The molecule has 3 aliphatic heterocycles. The minimum atomic E-state index is -4.25. The highest BCUT2D eigenvalue weighted by molar-refractivity contribution is 7.84. The lowest BCUT2D eigenvalue weighted by Gasteiger charge is -2.40. The summed E-state index contributed by atoms with van der Waals surface area (Å²) in [6.07, 6.45) is -5.14. The minimum absolute atomic E-state index is 0.165. The lowest BCUT2D eigenvalue weighted by Crippen LogP contribution is -2.60. The molecule has 0 unspecified atom stereocenters. The Kier molecular flexibility index (Phi) is 9.23. The number of hydrogen-bond donors (Lipinski definition) is 2. The Morgan fingerprint density at radius 1 is 1.16 bits per heavy atom. The van der Waals surface area contributed by atoms with Crippen LogP contribution < -0.4 is 10.5 Å². The third-order valence-corrected chi connectivity index (χ3v) is 6.49. The fourth-order valence-corrected chi connectivity index (χ4v) is 5.09. The lowest BCUT2D eigenvalue weighted by molar-refractivity contribution is -0.290. The summed E-state index contributed by atoms with van der Waals surface area (Å²) in [7, 11) is -4.14. The van der Waals surface area contributed by atoms with E-state index >= 15 is 0 Å². The predicted molar refractivity (Wildman–Crippen MR) is 130 cm³/mol. The molecule has 0 amide bonds. The number of hydrogen-bond acceptors (Lipinski definition) is 9. The number of ether oxygens (including phenoxy) is 5. The predicted octanol–water partition coefficient (Wildman–Crippen LogP) is 2.85. The van der Waals surface area contributed by atoms with Crippen molar-refractivity contribution in [1.29, 1.82) is 0 Å². The smallest absolute Gasteiger partial charge is 0.343 e. The molecule has 1 aromatic rings. The van der Waals surface area contributed by atoms with Crippen molar-refractivity contribution in [2.24, 2.45) is 5.14 Å². The van der Waals surface area contributed by atoms with E-state index in [1.807, 2.05) is 13.8 Å². The quantitative estimate of drug-likeness (QED) is 0.509. The molecule has 3 saturated heterocycles. The molecule has 3 aliphatic rings. The van der Waals surface area contributed by atoms with Gasteiger partial charge in [0.2, 0.25) is 5.79 Å². The fourth-order valence-electron chi connectivity index (χ4n) is 4.76. The molecule has 0 bridgehead atoms. The van der Waals surface area contributed by atoms with Gasteiger partial charge in [0, 0.05) is 6.04 Å². The molecule has 0 spiro atoms. The first-order valence-corrected chi connectivity index (χ1v) is 13.8. The van der Waals surface area contributed by atoms with E-state index in [9.17, 15) is 21.6 Å². The third kappa shape index (κ3) is 8.08. The molecule has 3 heterocycles. The summed E-state index contributed by atoms with van der Waals surface area (Å²) in [6.45, 7) is 11.5. The van der Waals surface area contributed by atoms with Crippen LogP contribution in [0.1, 0.15) is 52.7 Å². The average Bonchev–Trinajstić information content (AvgIpc) is 3.23. The van der Waals surface area contributed by atoms with Gasteiger partial charge in [0.05, 0.1) is 12.2 Å². The van der Waals surface area contributed by atoms with Crippen LogP contribution in [0.5, 0.6) is 0 Å². The second-order valence-electron chi connectivity index (χ2n) is 10.4. The Morgan fingerprint density at radius 3 is 2.45 bits per heavy atom. The first-order valence-electron chi connectivity index (χ1n) is 12.3. The van der Waals surface area contributed by atoms with Crippen LogP contribution in [0.3, 0.4) is 0 Å². The maximum absolute atomic E-state index is 12.4. The zero-order valence-electron chi connectivity index (χ0n) is 22.3. The van der Waals surface area contributed by atoms with Crippen LogP contribution in [0.25, 0.3) is 0 Å². The third-order valence-electron chi connectivity index (χ3n) is 6.05. The Morgan fingerprint density at radius 2 is 1.84 bits per heavy atom. The summed E-state index contributed by atoms with van der Waals surface area (Å²) < 4.78 is 93.2. The number of nitrogens with two attached hydrogens (primary N) is 1. The Bertz CT molecular complexity index is 1070. The topological polar surface area (TPSA) is 128 Å². The Hall–Kier alpha value is -1.36. The van der Waals surface area contributed by atoms with Gasteiger partial charge in [0.1, 0.15) is 24.9 Å². The van der Waals surface area contributed by atoms with Gasteiger partial charge in [-0.25, -0.2) is 5.14 Å². The summed E-state index contributed by atoms with van der Waals surface area (Å²) in [6, 6.07) is 5.68. The van der Waals surface area contributed by atoms with E-state index < -0.39 is 58.2 Å². The molecule has 4 rings (SSSR count). The van der Waals surface area contributed by atoms with Crippen molar-refractivity contribution in [2.75, 3.05) is 19.8 Å². The number of rotatable bonds is 7. The van der Waals surface area contributed by atoms with Crippen LogP contribution >= 0.6 is 0 Å². The summed E-state index contributed by atoms with van der Waals surface area (Å²) in [5.74, 6) is -3.19. The van der Waals surface area contributed by atoms with E-state index in [2.05, 4.69) is 5.32 Å². The van der Waals surface area contributed by atoms with Gasteiger partial charge >= 0.3 is 16.5 Å². The van der Waals surface area contributed by atoms with E-state index in [1.54, 1.807) is 33.8 Å². The van der Waals surface area contributed by atoms with Gasteiger partial charge in [-0.1, -0.05) is 25.1 Å². The largest absolute Gasteiger partial charge is 0.416 e. The second kappa shape index (κ2) is 11.3. The van der Waals surface area contributed by atoms with Crippen molar-refractivity contribution in [2.45, 2.75) is 95.9 Å². The van der Waals surface area contributed by atoms with Gasteiger partial charge in [0.15, 0.2) is 11.6 Å². The van der Waals surface area contributed by atoms with Gasteiger partial charge in [0.25, 0.3) is 0 Å². The molecule has 14 heteroatoms. The zero-order valence-corrected chi connectivity index (χ0v) is 23.1. The lowest BCUT2D eigenvalue weighted by atomic mass is 9.98. The monoisotopic (exact) mass is 570 g/mol. The first kappa shape index (κ1) is 31.2. The van der Waals surface area contributed by atoms with E-state index in [0.717, 1.165) is 12.6 Å². The number of benzene rings is 1. The minimum Gasteiger partial charge on any atom is -0.343 e. The van der Waals surface area contributed by atoms with Crippen LogP contribution in [-0.2, 0) is 50.8 Å². The molecule has 218 valence electrons. The molecular weight excluding hydrogens is 533 g/mol. The number of halogens is 3. The van der Waals surface area contributed by atoms with E-state index in [-0.39, 0.29) is 18.8 Å². The first-order chi connectivity index (χ1) is 17.3. The van der Waals surface area contributed by atoms with Gasteiger partial charge in [-0.2, -0.15) is 21.6 Å². The van der Waals surface area contributed by atoms with Crippen LogP contribution in [0.2, 0.25) is 0 Å². The number of nitrogens with one attached hydrogen (secondary N) is 1. The summed E-state index contributed by atoms with van der Waals surface area (Å²) in [4.78, 5) is 0.